The number of nitrogens with zero attached hydrogens (tertiary/aromatic N) is 3. The lowest BCUT2D eigenvalue weighted by Gasteiger charge is -2.16. The first-order valence-corrected chi connectivity index (χ1v) is 8.06. The van der Waals surface area contributed by atoms with E-state index in [1.54, 1.807) is 24.8 Å². The minimum Gasteiger partial charge on any atom is -0.383 e. The van der Waals surface area contributed by atoms with Gasteiger partial charge in [0.25, 0.3) is 0 Å². The highest BCUT2D eigenvalue weighted by atomic mass is 32.2. The van der Waals surface area contributed by atoms with Gasteiger partial charge >= 0.3 is 0 Å². The smallest absolute Gasteiger partial charge is 0.227 e. The van der Waals surface area contributed by atoms with Gasteiger partial charge in [0.05, 0.1) is 24.3 Å². The Balaban J connectivity index is 3.12. The predicted octanol–water partition coefficient (Wildman–Crippen LogP) is 0.775. The summed E-state index contributed by atoms with van der Waals surface area (Å²) in [5, 5.41) is 0.145. The van der Waals surface area contributed by atoms with Crippen molar-refractivity contribution in [2.24, 2.45) is 0 Å². The van der Waals surface area contributed by atoms with Crippen molar-refractivity contribution in [3.8, 4) is 0 Å². The summed E-state index contributed by atoms with van der Waals surface area (Å²) < 4.78 is 30.8. The minimum atomic E-state index is -3.30. The maximum absolute atomic E-state index is 12.0. The van der Waals surface area contributed by atoms with Gasteiger partial charge in [-0.1, -0.05) is 13.8 Å². The Morgan fingerprint density at radius 3 is 2.63 bits per heavy atom. The van der Waals surface area contributed by atoms with E-state index in [9.17, 15) is 8.42 Å². The molecule has 0 spiro atoms. The van der Waals surface area contributed by atoms with E-state index in [0.717, 1.165) is 12.2 Å². The number of imidazole rings is 1. The zero-order chi connectivity index (χ0) is 14.5. The minimum absolute atomic E-state index is 0.0556. The molecule has 0 aromatic carbocycles. The van der Waals surface area contributed by atoms with Gasteiger partial charge in [0.15, 0.2) is 0 Å². The van der Waals surface area contributed by atoms with Gasteiger partial charge in [-0.3, -0.25) is 0 Å². The second-order valence-corrected chi connectivity index (χ2v) is 6.58. The molecule has 0 aliphatic rings. The van der Waals surface area contributed by atoms with Crippen LogP contribution in [0.15, 0.2) is 11.4 Å². The molecule has 0 radical (unpaired) electrons. The third-order valence-corrected chi connectivity index (χ3v) is 4.69. The van der Waals surface area contributed by atoms with E-state index in [-0.39, 0.29) is 10.9 Å². The van der Waals surface area contributed by atoms with Crippen LogP contribution in [-0.2, 0) is 27.7 Å². The Labute approximate surface area is 115 Å². The number of rotatable bonds is 8. The summed E-state index contributed by atoms with van der Waals surface area (Å²) in [5.74, 6) is 0.0556. The van der Waals surface area contributed by atoms with Crippen LogP contribution in [0.2, 0.25) is 0 Å². The lowest BCUT2D eigenvalue weighted by molar-refractivity contribution is 0.182. The lowest BCUT2D eigenvalue weighted by atomic mass is 10.4. The Bertz CT molecular complexity index is 496. The molecular formula is C12H23N3O3S. The maximum Gasteiger partial charge on any atom is 0.227 e. The fraction of sp³-hybridized carbons (Fsp3) is 0.750. The second-order valence-electron chi connectivity index (χ2n) is 4.41. The Hall–Kier alpha value is -0.920. The summed E-state index contributed by atoms with van der Waals surface area (Å²) in [6.07, 6.45) is 1.64. The normalized spacial score (nSPS) is 12.3. The molecule has 0 unspecified atom stereocenters. The van der Waals surface area contributed by atoms with Crippen LogP contribution in [0.3, 0.4) is 0 Å². The molecule has 0 amide bonds. The van der Waals surface area contributed by atoms with Crippen molar-refractivity contribution in [1.29, 1.82) is 0 Å². The van der Waals surface area contributed by atoms with Gasteiger partial charge in [0.2, 0.25) is 15.0 Å². The van der Waals surface area contributed by atoms with Crippen molar-refractivity contribution in [1.82, 2.24) is 14.5 Å². The molecule has 0 atom stereocenters. The number of aromatic nitrogens is 2. The summed E-state index contributed by atoms with van der Waals surface area (Å²) in [5.41, 5.74) is 0.897. The van der Waals surface area contributed by atoms with Gasteiger partial charge < -0.3 is 14.2 Å². The molecule has 110 valence electrons. The average molecular weight is 289 g/mol. The van der Waals surface area contributed by atoms with Gasteiger partial charge in [0.1, 0.15) is 0 Å². The largest absolute Gasteiger partial charge is 0.383 e. The van der Waals surface area contributed by atoms with Gasteiger partial charge in [-0.15, -0.1) is 0 Å². The average Bonchev–Trinajstić information content (AvgIpc) is 2.79. The standard InChI is InChI=1S/C12H23N3O3S/c1-5-14(3)10-11-9-13-12(19(16,17)6-2)15(11)7-8-18-4/h9H,5-8,10H2,1-4H3. The van der Waals surface area contributed by atoms with Crippen LogP contribution in [0, 0.1) is 0 Å². The number of hydrogen-bond acceptors (Lipinski definition) is 5. The number of methoxy groups -OCH3 is 1. The van der Waals surface area contributed by atoms with Crippen LogP contribution < -0.4 is 0 Å². The molecule has 0 saturated carbocycles. The van der Waals surface area contributed by atoms with Crippen molar-refractivity contribution in [2.75, 3.05) is 33.1 Å². The van der Waals surface area contributed by atoms with Gasteiger partial charge in [-0.05, 0) is 13.6 Å². The first-order valence-electron chi connectivity index (χ1n) is 6.40. The highest BCUT2D eigenvalue weighted by molar-refractivity contribution is 7.91. The Morgan fingerprint density at radius 1 is 1.42 bits per heavy atom. The molecule has 0 aliphatic carbocycles. The molecule has 0 saturated heterocycles. The quantitative estimate of drug-likeness (QED) is 0.707. The van der Waals surface area contributed by atoms with Crippen molar-refractivity contribution in [3.05, 3.63) is 11.9 Å². The first-order chi connectivity index (χ1) is 8.96. The molecule has 1 rings (SSSR count). The summed E-state index contributed by atoms with van der Waals surface area (Å²) in [6.45, 7) is 6.21. The van der Waals surface area contributed by atoms with Crippen LogP contribution in [0.5, 0.6) is 0 Å². The highest BCUT2D eigenvalue weighted by Gasteiger charge is 2.21. The van der Waals surface area contributed by atoms with E-state index in [4.69, 9.17) is 4.74 Å². The Morgan fingerprint density at radius 2 is 2.11 bits per heavy atom. The molecule has 1 heterocycles. The van der Waals surface area contributed by atoms with E-state index < -0.39 is 9.84 Å². The number of sulfone groups is 1. The second kappa shape index (κ2) is 7.02. The van der Waals surface area contributed by atoms with E-state index in [2.05, 4.69) is 16.8 Å². The van der Waals surface area contributed by atoms with Gasteiger partial charge in [-0.2, -0.15) is 0 Å². The Kier molecular flexibility index (Phi) is 5.96. The molecule has 19 heavy (non-hydrogen) atoms. The van der Waals surface area contributed by atoms with E-state index in [0.29, 0.717) is 19.7 Å². The molecule has 6 nitrogen and oxygen atoms in total. The monoisotopic (exact) mass is 289 g/mol. The van der Waals surface area contributed by atoms with Crippen molar-refractivity contribution in [2.45, 2.75) is 32.1 Å². The molecule has 0 fully saturated rings. The van der Waals surface area contributed by atoms with Crippen LogP contribution in [0.25, 0.3) is 0 Å². The number of ether oxygens (including phenoxy) is 1. The molecular weight excluding hydrogens is 266 g/mol. The van der Waals surface area contributed by atoms with E-state index in [1.165, 1.54) is 0 Å². The van der Waals surface area contributed by atoms with Crippen LogP contribution >= 0.6 is 0 Å². The van der Waals surface area contributed by atoms with Crippen LogP contribution in [0.1, 0.15) is 19.5 Å². The molecule has 7 heteroatoms. The van der Waals surface area contributed by atoms with Gasteiger partial charge in [-0.25, -0.2) is 13.4 Å². The van der Waals surface area contributed by atoms with Crippen molar-refractivity contribution < 1.29 is 13.2 Å². The van der Waals surface area contributed by atoms with Crippen molar-refractivity contribution >= 4 is 9.84 Å². The summed E-state index contributed by atoms with van der Waals surface area (Å²) >= 11 is 0. The lowest BCUT2D eigenvalue weighted by Crippen LogP contribution is -2.22. The van der Waals surface area contributed by atoms with Crippen LogP contribution in [0.4, 0.5) is 0 Å². The molecule has 0 aliphatic heterocycles. The zero-order valence-electron chi connectivity index (χ0n) is 12.1. The fourth-order valence-electron chi connectivity index (χ4n) is 1.71. The summed E-state index contributed by atoms with van der Waals surface area (Å²) in [7, 11) is 0.285. The molecule has 1 aromatic heterocycles. The highest BCUT2D eigenvalue weighted by Crippen LogP contribution is 2.14. The van der Waals surface area contributed by atoms with Crippen LogP contribution in [-0.4, -0.2) is 55.9 Å². The molecule has 0 bridgehead atoms. The fourth-order valence-corrected chi connectivity index (χ4v) is 2.72. The first kappa shape index (κ1) is 16.1. The van der Waals surface area contributed by atoms with Crippen molar-refractivity contribution in [3.63, 3.8) is 0 Å². The summed E-state index contributed by atoms with van der Waals surface area (Å²) in [6, 6.07) is 0. The van der Waals surface area contributed by atoms with E-state index in [1.807, 2.05) is 7.05 Å². The SMILES string of the molecule is CCN(C)Cc1cnc(S(=O)(=O)CC)n1CCOC. The third kappa shape index (κ3) is 4.02. The third-order valence-electron chi connectivity index (χ3n) is 3.05. The molecule has 1 aromatic rings. The summed E-state index contributed by atoms with van der Waals surface area (Å²) in [4.78, 5) is 6.19. The predicted molar refractivity (Wildman–Crippen MR) is 73.8 cm³/mol. The van der Waals surface area contributed by atoms with E-state index >= 15 is 0 Å². The maximum atomic E-state index is 12.0. The molecule has 0 N–H and O–H groups in total. The topological polar surface area (TPSA) is 64.4 Å². The zero-order valence-corrected chi connectivity index (χ0v) is 12.9. The number of hydrogen-bond donors (Lipinski definition) is 0. The van der Waals surface area contributed by atoms with Gasteiger partial charge in [0, 0.05) is 20.2 Å².